The number of para-hydroxylation sites is 2. The fraction of sp³-hybridized carbons (Fsp3) is 0.182. The lowest BCUT2D eigenvalue weighted by Gasteiger charge is -2.26. The van der Waals surface area contributed by atoms with Crippen LogP contribution in [0.15, 0.2) is 77.7 Å². The van der Waals surface area contributed by atoms with Crippen LogP contribution in [0.1, 0.15) is 12.5 Å². The predicted octanol–water partition coefficient (Wildman–Crippen LogP) is 4.63. The molecule has 7 heteroatoms. The summed E-state index contributed by atoms with van der Waals surface area (Å²) in [4.78, 5) is 0.0703. The number of hydrogen-bond donors (Lipinski definition) is 0. The van der Waals surface area contributed by atoms with E-state index < -0.39 is 15.8 Å². The van der Waals surface area contributed by atoms with E-state index in [1.807, 2.05) is 6.92 Å². The first kappa shape index (κ1) is 20.7. The SMILES string of the molecule is CCOc1ccccc1N(Cc1ccccc1F)S(=O)(=O)c1ccc(OC)cc1. The highest BCUT2D eigenvalue weighted by molar-refractivity contribution is 7.92. The van der Waals surface area contributed by atoms with Gasteiger partial charge in [0.05, 0.1) is 30.8 Å². The maximum absolute atomic E-state index is 14.3. The summed E-state index contributed by atoms with van der Waals surface area (Å²) < 4.78 is 53.3. The molecular formula is C22H22FNO4S. The maximum Gasteiger partial charge on any atom is 0.264 e. The van der Waals surface area contributed by atoms with Crippen molar-refractivity contribution in [2.75, 3.05) is 18.0 Å². The van der Waals surface area contributed by atoms with Crippen LogP contribution in [-0.2, 0) is 16.6 Å². The molecule has 3 aromatic carbocycles. The number of rotatable bonds is 8. The number of methoxy groups -OCH3 is 1. The van der Waals surface area contributed by atoms with Gasteiger partial charge in [-0.15, -0.1) is 0 Å². The second-order valence-corrected chi connectivity index (χ2v) is 8.04. The Morgan fingerprint density at radius 3 is 2.24 bits per heavy atom. The van der Waals surface area contributed by atoms with E-state index in [1.165, 1.54) is 25.3 Å². The molecule has 152 valence electrons. The highest BCUT2D eigenvalue weighted by Crippen LogP contribution is 2.34. The Labute approximate surface area is 170 Å². The number of anilines is 1. The molecule has 0 saturated heterocycles. The van der Waals surface area contributed by atoms with E-state index in [2.05, 4.69) is 0 Å². The highest BCUT2D eigenvalue weighted by atomic mass is 32.2. The summed E-state index contributed by atoms with van der Waals surface area (Å²) in [6, 6.07) is 19.0. The first-order chi connectivity index (χ1) is 14.0. The van der Waals surface area contributed by atoms with Crippen LogP contribution >= 0.6 is 0 Å². The van der Waals surface area contributed by atoms with Gasteiger partial charge in [-0.25, -0.2) is 12.8 Å². The van der Waals surface area contributed by atoms with Crippen LogP contribution in [0.4, 0.5) is 10.1 Å². The third-order valence-corrected chi connectivity index (χ3v) is 6.13. The van der Waals surface area contributed by atoms with Crippen molar-refractivity contribution in [1.29, 1.82) is 0 Å². The van der Waals surface area contributed by atoms with Crippen molar-refractivity contribution < 1.29 is 22.3 Å². The average Bonchev–Trinajstić information content (AvgIpc) is 2.74. The van der Waals surface area contributed by atoms with Crippen LogP contribution in [0.5, 0.6) is 11.5 Å². The minimum Gasteiger partial charge on any atom is -0.497 e. The minimum absolute atomic E-state index is 0.0703. The van der Waals surface area contributed by atoms with Gasteiger partial charge in [0.1, 0.15) is 17.3 Å². The summed E-state index contributed by atoms with van der Waals surface area (Å²) in [7, 11) is -2.50. The maximum atomic E-state index is 14.3. The topological polar surface area (TPSA) is 55.8 Å². The van der Waals surface area contributed by atoms with Gasteiger partial charge >= 0.3 is 0 Å². The van der Waals surface area contributed by atoms with Gasteiger partial charge in [0.2, 0.25) is 0 Å². The molecule has 3 rings (SSSR count). The van der Waals surface area contributed by atoms with Gasteiger partial charge in [0, 0.05) is 5.56 Å². The molecule has 0 spiro atoms. The van der Waals surface area contributed by atoms with Crippen LogP contribution in [0, 0.1) is 5.82 Å². The Bertz CT molecular complexity index is 1070. The van der Waals surface area contributed by atoms with E-state index in [0.717, 1.165) is 4.31 Å². The quantitative estimate of drug-likeness (QED) is 0.538. The van der Waals surface area contributed by atoms with E-state index in [0.29, 0.717) is 23.8 Å². The predicted molar refractivity (Wildman–Crippen MR) is 110 cm³/mol. The largest absolute Gasteiger partial charge is 0.497 e. The second-order valence-electron chi connectivity index (χ2n) is 6.18. The molecule has 0 amide bonds. The fourth-order valence-corrected chi connectivity index (χ4v) is 4.35. The summed E-state index contributed by atoms with van der Waals surface area (Å²) in [5.41, 5.74) is 0.601. The van der Waals surface area contributed by atoms with Crippen molar-refractivity contribution >= 4 is 15.7 Å². The summed E-state index contributed by atoms with van der Waals surface area (Å²) in [5, 5.41) is 0. The van der Waals surface area contributed by atoms with Gasteiger partial charge in [-0.3, -0.25) is 4.31 Å². The number of nitrogens with zero attached hydrogens (tertiary/aromatic N) is 1. The van der Waals surface area contributed by atoms with Crippen molar-refractivity contribution in [2.24, 2.45) is 0 Å². The van der Waals surface area contributed by atoms with E-state index in [1.54, 1.807) is 54.6 Å². The number of halogens is 1. The molecule has 0 atom stereocenters. The summed E-state index contributed by atoms with van der Waals surface area (Å²) in [6.45, 7) is 2.01. The molecule has 0 aliphatic heterocycles. The average molecular weight is 415 g/mol. The smallest absolute Gasteiger partial charge is 0.264 e. The fourth-order valence-electron chi connectivity index (χ4n) is 2.90. The van der Waals surface area contributed by atoms with Gasteiger partial charge < -0.3 is 9.47 Å². The third-order valence-electron chi connectivity index (χ3n) is 4.35. The van der Waals surface area contributed by atoms with Gasteiger partial charge in [-0.2, -0.15) is 0 Å². The lowest BCUT2D eigenvalue weighted by Crippen LogP contribution is -2.31. The van der Waals surface area contributed by atoms with Gasteiger partial charge in [-0.05, 0) is 49.4 Å². The van der Waals surface area contributed by atoms with Crippen LogP contribution in [0.2, 0.25) is 0 Å². The molecular weight excluding hydrogens is 393 g/mol. The van der Waals surface area contributed by atoms with E-state index in [9.17, 15) is 12.8 Å². The number of hydrogen-bond acceptors (Lipinski definition) is 4. The van der Waals surface area contributed by atoms with Crippen molar-refractivity contribution in [1.82, 2.24) is 0 Å². The zero-order valence-electron chi connectivity index (χ0n) is 16.2. The standard InChI is InChI=1S/C22H22FNO4S/c1-3-28-22-11-7-6-10-21(22)24(16-17-8-4-5-9-20(17)23)29(25,26)19-14-12-18(27-2)13-15-19/h4-15H,3,16H2,1-2H3. The van der Waals surface area contributed by atoms with Crippen molar-refractivity contribution in [3.63, 3.8) is 0 Å². The Kier molecular flexibility index (Phi) is 6.39. The molecule has 0 heterocycles. The molecule has 0 aliphatic carbocycles. The second kappa shape index (κ2) is 8.96. The zero-order valence-corrected chi connectivity index (χ0v) is 17.0. The van der Waals surface area contributed by atoms with Gasteiger partial charge in [0.15, 0.2) is 0 Å². The molecule has 29 heavy (non-hydrogen) atoms. The molecule has 3 aromatic rings. The van der Waals surface area contributed by atoms with Gasteiger partial charge in [-0.1, -0.05) is 30.3 Å². The zero-order chi connectivity index (χ0) is 20.9. The lowest BCUT2D eigenvalue weighted by molar-refractivity contribution is 0.341. The Balaban J connectivity index is 2.13. The van der Waals surface area contributed by atoms with Crippen molar-refractivity contribution in [2.45, 2.75) is 18.4 Å². The number of sulfonamides is 1. The van der Waals surface area contributed by atoms with Gasteiger partial charge in [0.25, 0.3) is 10.0 Å². The Hall–Kier alpha value is -3.06. The van der Waals surface area contributed by atoms with E-state index in [-0.39, 0.29) is 17.0 Å². The minimum atomic E-state index is -4.00. The first-order valence-corrected chi connectivity index (χ1v) is 10.5. The summed E-state index contributed by atoms with van der Waals surface area (Å²) in [6.07, 6.45) is 0. The van der Waals surface area contributed by atoms with Crippen LogP contribution in [-0.4, -0.2) is 22.1 Å². The van der Waals surface area contributed by atoms with Crippen molar-refractivity contribution in [3.8, 4) is 11.5 Å². The molecule has 0 bridgehead atoms. The summed E-state index contributed by atoms with van der Waals surface area (Å²) >= 11 is 0. The van der Waals surface area contributed by atoms with Crippen LogP contribution < -0.4 is 13.8 Å². The lowest BCUT2D eigenvalue weighted by atomic mass is 10.2. The molecule has 0 unspecified atom stereocenters. The molecule has 0 N–H and O–H groups in total. The summed E-state index contributed by atoms with van der Waals surface area (Å²) in [5.74, 6) is 0.471. The third kappa shape index (κ3) is 4.51. The Morgan fingerprint density at radius 2 is 1.59 bits per heavy atom. The molecule has 0 aliphatic rings. The monoisotopic (exact) mass is 415 g/mol. The number of benzene rings is 3. The van der Waals surface area contributed by atoms with Crippen LogP contribution in [0.25, 0.3) is 0 Å². The van der Waals surface area contributed by atoms with Crippen molar-refractivity contribution in [3.05, 3.63) is 84.2 Å². The highest BCUT2D eigenvalue weighted by Gasteiger charge is 2.28. The van der Waals surface area contributed by atoms with E-state index >= 15 is 0 Å². The Morgan fingerprint density at radius 1 is 0.931 bits per heavy atom. The molecule has 0 fully saturated rings. The molecule has 0 aromatic heterocycles. The molecule has 0 radical (unpaired) electrons. The van der Waals surface area contributed by atoms with Crippen LogP contribution in [0.3, 0.4) is 0 Å². The number of ether oxygens (including phenoxy) is 2. The molecule has 5 nitrogen and oxygen atoms in total. The van der Waals surface area contributed by atoms with E-state index in [4.69, 9.17) is 9.47 Å². The molecule has 0 saturated carbocycles. The normalized spacial score (nSPS) is 11.1. The first-order valence-electron chi connectivity index (χ1n) is 9.09.